The molecular weight excluding hydrogens is 354 g/mol. The van der Waals surface area contributed by atoms with E-state index in [0.29, 0.717) is 11.8 Å². The first kappa shape index (κ1) is 18.1. The Morgan fingerprint density at radius 1 is 1.36 bits per heavy atom. The van der Waals surface area contributed by atoms with Crippen LogP contribution in [-0.2, 0) is 0 Å². The number of hydrogen-bond donors (Lipinski definition) is 0. The highest BCUT2D eigenvalue weighted by Gasteiger charge is 2.27. The van der Waals surface area contributed by atoms with Gasteiger partial charge in [0.1, 0.15) is 0 Å². The molecule has 1 unspecified atom stereocenters. The van der Waals surface area contributed by atoms with E-state index in [0.717, 1.165) is 35.4 Å². The Kier molecular flexibility index (Phi) is 5.86. The molecule has 6 heteroatoms. The van der Waals surface area contributed by atoms with Gasteiger partial charge in [-0.05, 0) is 42.9 Å². The molecule has 0 amide bonds. The van der Waals surface area contributed by atoms with Crippen molar-refractivity contribution >= 4 is 34.2 Å². The summed E-state index contributed by atoms with van der Waals surface area (Å²) in [6.45, 7) is 3.99. The number of ether oxygens (including phenoxy) is 1. The van der Waals surface area contributed by atoms with Gasteiger partial charge in [0.05, 0.1) is 19.0 Å². The molecule has 0 spiro atoms. The van der Waals surface area contributed by atoms with Crippen LogP contribution < -0.4 is 4.74 Å². The minimum atomic E-state index is 0.444. The van der Waals surface area contributed by atoms with Crippen LogP contribution in [0.3, 0.4) is 0 Å². The third-order valence-electron chi connectivity index (χ3n) is 4.39. The van der Waals surface area contributed by atoms with Crippen LogP contribution in [0.1, 0.15) is 23.5 Å². The monoisotopic (exact) mass is 375 g/mol. The molecule has 0 radical (unpaired) electrons. The van der Waals surface area contributed by atoms with E-state index in [1.165, 1.54) is 11.1 Å². The summed E-state index contributed by atoms with van der Waals surface area (Å²) >= 11 is 8.11. The number of hydrogen-bond acceptors (Lipinski definition) is 4. The van der Waals surface area contributed by atoms with E-state index < -0.39 is 0 Å². The summed E-state index contributed by atoms with van der Waals surface area (Å²) in [6, 6.07) is 10.1. The van der Waals surface area contributed by atoms with Crippen molar-refractivity contribution in [2.45, 2.75) is 19.3 Å². The van der Waals surface area contributed by atoms with Crippen LogP contribution in [0.25, 0.3) is 0 Å². The molecule has 1 aliphatic heterocycles. The van der Waals surface area contributed by atoms with Crippen LogP contribution in [0.4, 0.5) is 5.69 Å². The highest BCUT2D eigenvalue weighted by atomic mass is 35.5. The smallest absolute Gasteiger partial charge is 0.213 e. The van der Waals surface area contributed by atoms with Crippen LogP contribution in [0, 0.1) is 6.92 Å². The number of pyridine rings is 1. The number of rotatable bonds is 3. The van der Waals surface area contributed by atoms with E-state index in [2.05, 4.69) is 35.2 Å². The predicted molar refractivity (Wildman–Crippen MR) is 107 cm³/mol. The van der Waals surface area contributed by atoms with Crippen LogP contribution in [0.5, 0.6) is 5.88 Å². The Morgan fingerprint density at radius 2 is 2.20 bits per heavy atom. The summed E-state index contributed by atoms with van der Waals surface area (Å²) in [5.74, 6) is 1.04. The number of nitrogens with zero attached hydrogens (tertiary/aromatic N) is 3. The summed E-state index contributed by atoms with van der Waals surface area (Å²) in [7, 11) is 1.61. The van der Waals surface area contributed by atoms with Crippen molar-refractivity contribution < 1.29 is 4.74 Å². The first-order chi connectivity index (χ1) is 12.1. The average molecular weight is 376 g/mol. The lowest BCUT2D eigenvalue weighted by Gasteiger charge is -2.20. The van der Waals surface area contributed by atoms with E-state index in [-0.39, 0.29) is 0 Å². The normalized spacial score (nSPS) is 17.8. The number of aryl methyl sites for hydroxylation is 1. The SMILES string of the molecule is COc1ccc(N=C(SC)N2CCC(c3ccc(C)cc3Cl)C2)cn1. The van der Waals surface area contributed by atoms with Gasteiger partial charge in [-0.25, -0.2) is 9.98 Å². The van der Waals surface area contributed by atoms with E-state index in [1.807, 2.05) is 18.2 Å². The first-order valence-corrected chi connectivity index (χ1v) is 9.84. The molecule has 0 N–H and O–H groups in total. The topological polar surface area (TPSA) is 37.7 Å². The maximum Gasteiger partial charge on any atom is 0.213 e. The van der Waals surface area contributed by atoms with Crippen molar-refractivity contribution in [3.05, 3.63) is 52.7 Å². The summed E-state index contributed by atoms with van der Waals surface area (Å²) in [5.41, 5.74) is 3.27. The Bertz CT molecular complexity index is 764. The maximum absolute atomic E-state index is 6.45. The maximum atomic E-state index is 6.45. The molecule has 1 atom stereocenters. The molecular formula is C19H22ClN3OS. The largest absolute Gasteiger partial charge is 0.481 e. The average Bonchev–Trinajstić information content (AvgIpc) is 3.09. The zero-order valence-corrected chi connectivity index (χ0v) is 16.3. The third-order valence-corrected chi connectivity index (χ3v) is 5.43. The van der Waals surface area contributed by atoms with Gasteiger partial charge in [-0.1, -0.05) is 35.5 Å². The third kappa shape index (κ3) is 4.28. The van der Waals surface area contributed by atoms with Crippen molar-refractivity contribution in [2.75, 3.05) is 26.5 Å². The molecule has 1 saturated heterocycles. The second-order valence-corrected chi connectivity index (χ2v) is 7.29. The van der Waals surface area contributed by atoms with Gasteiger partial charge in [0.15, 0.2) is 5.17 Å². The molecule has 3 rings (SSSR count). The zero-order chi connectivity index (χ0) is 17.8. The summed E-state index contributed by atoms with van der Waals surface area (Å²) in [6.07, 6.45) is 4.88. The zero-order valence-electron chi connectivity index (χ0n) is 14.7. The van der Waals surface area contributed by atoms with E-state index in [1.54, 1.807) is 25.1 Å². The minimum Gasteiger partial charge on any atom is -0.481 e. The summed E-state index contributed by atoms with van der Waals surface area (Å²) in [5, 5.41) is 1.88. The number of methoxy groups -OCH3 is 1. The van der Waals surface area contributed by atoms with Gasteiger partial charge in [0.2, 0.25) is 5.88 Å². The van der Waals surface area contributed by atoms with Crippen LogP contribution in [0.2, 0.25) is 5.02 Å². The molecule has 1 fully saturated rings. The highest BCUT2D eigenvalue weighted by Crippen LogP contribution is 2.34. The van der Waals surface area contributed by atoms with Crippen LogP contribution in [0.15, 0.2) is 41.5 Å². The fourth-order valence-corrected chi connectivity index (χ4v) is 4.08. The van der Waals surface area contributed by atoms with Gasteiger partial charge in [0, 0.05) is 30.1 Å². The molecule has 132 valence electrons. The van der Waals surface area contributed by atoms with Gasteiger partial charge >= 0.3 is 0 Å². The number of amidine groups is 1. The second-order valence-electron chi connectivity index (χ2n) is 6.11. The Balaban J connectivity index is 1.75. The molecule has 2 aromatic rings. The number of thioether (sulfide) groups is 1. The lowest BCUT2D eigenvalue weighted by Crippen LogP contribution is -2.25. The lowest BCUT2D eigenvalue weighted by atomic mass is 9.97. The number of aromatic nitrogens is 1. The second kappa shape index (κ2) is 8.11. The van der Waals surface area contributed by atoms with Crippen molar-refractivity contribution in [3.8, 4) is 5.88 Å². The van der Waals surface area contributed by atoms with Gasteiger partial charge in [-0.2, -0.15) is 0 Å². The fourth-order valence-electron chi connectivity index (χ4n) is 3.07. The molecule has 1 aliphatic rings. The molecule has 0 aliphatic carbocycles. The van der Waals surface area contributed by atoms with Crippen molar-refractivity contribution in [3.63, 3.8) is 0 Å². The Hall–Kier alpha value is -1.72. The lowest BCUT2D eigenvalue weighted by molar-refractivity contribution is 0.398. The molecule has 0 saturated carbocycles. The van der Waals surface area contributed by atoms with Crippen molar-refractivity contribution in [1.82, 2.24) is 9.88 Å². The summed E-state index contributed by atoms with van der Waals surface area (Å²) in [4.78, 5) is 11.3. The van der Waals surface area contributed by atoms with E-state index in [9.17, 15) is 0 Å². The molecule has 1 aromatic heterocycles. The molecule has 25 heavy (non-hydrogen) atoms. The highest BCUT2D eigenvalue weighted by molar-refractivity contribution is 8.13. The molecule has 4 nitrogen and oxygen atoms in total. The minimum absolute atomic E-state index is 0.444. The Morgan fingerprint density at radius 3 is 2.84 bits per heavy atom. The standard InChI is InChI=1S/C19H22ClN3OS/c1-13-4-6-16(17(20)10-13)14-8-9-23(12-14)19(25-3)22-15-5-7-18(24-2)21-11-15/h4-7,10-11,14H,8-9,12H2,1-3H3. The number of halogens is 1. The van der Waals surface area contributed by atoms with Gasteiger partial charge in [-0.15, -0.1) is 0 Å². The van der Waals surface area contributed by atoms with Gasteiger partial charge in [-0.3, -0.25) is 0 Å². The van der Waals surface area contributed by atoms with Crippen molar-refractivity contribution in [2.24, 2.45) is 4.99 Å². The van der Waals surface area contributed by atoms with E-state index >= 15 is 0 Å². The van der Waals surface area contributed by atoms with Crippen LogP contribution >= 0.6 is 23.4 Å². The van der Waals surface area contributed by atoms with Crippen molar-refractivity contribution in [1.29, 1.82) is 0 Å². The first-order valence-electron chi connectivity index (χ1n) is 8.24. The van der Waals surface area contributed by atoms with Gasteiger partial charge in [0.25, 0.3) is 0 Å². The Labute approximate surface area is 158 Å². The molecule has 0 bridgehead atoms. The number of aliphatic imine (C=N–C) groups is 1. The molecule has 2 heterocycles. The predicted octanol–water partition coefficient (Wildman–Crippen LogP) is 4.89. The van der Waals surface area contributed by atoms with E-state index in [4.69, 9.17) is 21.3 Å². The number of benzene rings is 1. The van der Waals surface area contributed by atoms with Crippen LogP contribution in [-0.4, -0.2) is 41.5 Å². The number of likely N-dealkylation sites (tertiary alicyclic amines) is 1. The summed E-state index contributed by atoms with van der Waals surface area (Å²) < 4.78 is 5.10. The fraction of sp³-hybridized carbons (Fsp3) is 0.368. The van der Waals surface area contributed by atoms with Gasteiger partial charge < -0.3 is 9.64 Å². The molecule has 1 aromatic carbocycles. The quantitative estimate of drug-likeness (QED) is 0.565.